The summed E-state index contributed by atoms with van der Waals surface area (Å²) in [6.07, 6.45) is 3.64. The Balaban J connectivity index is 2.42. The molecular weight excluding hydrogens is 328 g/mol. The van der Waals surface area contributed by atoms with Crippen LogP contribution >= 0.6 is 15.9 Å². The molecule has 0 aliphatic heterocycles. The molecule has 0 bridgehead atoms. The van der Waals surface area contributed by atoms with E-state index in [2.05, 4.69) is 64.3 Å². The van der Waals surface area contributed by atoms with E-state index in [4.69, 9.17) is 4.74 Å². The Kier molecular flexibility index (Phi) is 5.76. The molecule has 1 atom stereocenters. The molecule has 0 aliphatic rings. The van der Waals surface area contributed by atoms with Gasteiger partial charge in [-0.15, -0.1) is 0 Å². The lowest BCUT2D eigenvalue weighted by atomic mass is 9.98. The summed E-state index contributed by atoms with van der Waals surface area (Å²) >= 11 is 3.66. The largest absolute Gasteiger partial charge is 0.492 e. The predicted octanol–water partition coefficient (Wildman–Crippen LogP) is 4.25. The third-order valence-electron chi connectivity index (χ3n) is 3.25. The Morgan fingerprint density at radius 1 is 1.24 bits per heavy atom. The van der Waals surface area contributed by atoms with E-state index in [1.165, 1.54) is 11.1 Å². The van der Waals surface area contributed by atoms with Crippen LogP contribution < -0.4 is 10.1 Å². The quantitative estimate of drug-likeness (QED) is 0.847. The number of pyridine rings is 1. The summed E-state index contributed by atoms with van der Waals surface area (Å²) in [7, 11) is 0. The van der Waals surface area contributed by atoms with Gasteiger partial charge in [0.2, 0.25) is 0 Å². The fourth-order valence-electron chi connectivity index (χ4n) is 2.33. The van der Waals surface area contributed by atoms with E-state index in [1.807, 2.05) is 13.1 Å². The highest BCUT2D eigenvalue weighted by molar-refractivity contribution is 9.10. The average molecular weight is 349 g/mol. The number of nitrogens with one attached hydrogen (secondary N) is 1. The van der Waals surface area contributed by atoms with Gasteiger partial charge in [-0.2, -0.15) is 0 Å². The van der Waals surface area contributed by atoms with Gasteiger partial charge in [0.1, 0.15) is 5.75 Å². The molecule has 0 saturated carbocycles. The number of nitrogens with zero attached hydrogens (tertiary/aromatic N) is 1. The SMILES string of the molecule is CCNC(c1cncc(OCC)c1)c1cc(C)ccc1Br. The Hall–Kier alpha value is -1.39. The number of aryl methyl sites for hydroxylation is 1. The van der Waals surface area contributed by atoms with E-state index in [1.54, 1.807) is 6.20 Å². The minimum atomic E-state index is 0.0946. The minimum absolute atomic E-state index is 0.0946. The third kappa shape index (κ3) is 4.05. The second-order valence-corrected chi connectivity index (χ2v) is 5.76. The second-order valence-electron chi connectivity index (χ2n) is 4.90. The summed E-state index contributed by atoms with van der Waals surface area (Å²) in [6.45, 7) is 7.71. The Morgan fingerprint density at radius 2 is 2.05 bits per heavy atom. The van der Waals surface area contributed by atoms with E-state index in [0.29, 0.717) is 6.61 Å². The highest BCUT2D eigenvalue weighted by Crippen LogP contribution is 2.30. The van der Waals surface area contributed by atoms with Crippen LogP contribution in [-0.4, -0.2) is 18.1 Å². The van der Waals surface area contributed by atoms with Crippen molar-refractivity contribution in [3.05, 3.63) is 57.8 Å². The van der Waals surface area contributed by atoms with Crippen LogP contribution in [0.25, 0.3) is 0 Å². The highest BCUT2D eigenvalue weighted by atomic mass is 79.9. The summed E-state index contributed by atoms with van der Waals surface area (Å²) in [5.74, 6) is 0.807. The van der Waals surface area contributed by atoms with Gasteiger partial charge in [-0.25, -0.2) is 0 Å². The first-order chi connectivity index (χ1) is 10.2. The van der Waals surface area contributed by atoms with Crippen LogP contribution in [0.2, 0.25) is 0 Å². The standard InChI is InChI=1S/C17H21BrN2O/c1-4-20-17(15-8-12(3)6-7-16(15)18)13-9-14(21-5-2)11-19-10-13/h6-11,17,20H,4-5H2,1-3H3. The molecule has 0 radical (unpaired) electrons. The topological polar surface area (TPSA) is 34.2 Å². The lowest BCUT2D eigenvalue weighted by Crippen LogP contribution is -2.22. The molecule has 21 heavy (non-hydrogen) atoms. The first kappa shape index (κ1) is 16.0. The van der Waals surface area contributed by atoms with Gasteiger partial charge in [-0.3, -0.25) is 4.98 Å². The zero-order chi connectivity index (χ0) is 15.2. The number of rotatable bonds is 6. The third-order valence-corrected chi connectivity index (χ3v) is 3.97. The van der Waals surface area contributed by atoms with Crippen LogP contribution in [0, 0.1) is 6.92 Å². The van der Waals surface area contributed by atoms with Gasteiger partial charge in [-0.1, -0.05) is 40.5 Å². The second kappa shape index (κ2) is 7.57. The van der Waals surface area contributed by atoms with Crippen molar-refractivity contribution >= 4 is 15.9 Å². The van der Waals surface area contributed by atoms with Gasteiger partial charge in [0.15, 0.2) is 0 Å². The molecule has 0 saturated heterocycles. The average Bonchev–Trinajstić information content (AvgIpc) is 2.48. The normalized spacial score (nSPS) is 12.2. The summed E-state index contributed by atoms with van der Waals surface area (Å²) in [5, 5.41) is 3.53. The summed E-state index contributed by atoms with van der Waals surface area (Å²) in [4.78, 5) is 4.30. The molecule has 2 rings (SSSR count). The fraction of sp³-hybridized carbons (Fsp3) is 0.353. The van der Waals surface area contributed by atoms with Crippen molar-refractivity contribution in [3.63, 3.8) is 0 Å². The molecule has 1 heterocycles. The number of aromatic nitrogens is 1. The van der Waals surface area contributed by atoms with Gasteiger partial charge >= 0.3 is 0 Å². The van der Waals surface area contributed by atoms with E-state index in [0.717, 1.165) is 22.3 Å². The smallest absolute Gasteiger partial charge is 0.137 e. The monoisotopic (exact) mass is 348 g/mol. The van der Waals surface area contributed by atoms with E-state index < -0.39 is 0 Å². The fourth-order valence-corrected chi connectivity index (χ4v) is 2.81. The molecule has 0 fully saturated rings. The van der Waals surface area contributed by atoms with Crippen molar-refractivity contribution in [2.24, 2.45) is 0 Å². The molecular formula is C17H21BrN2O. The van der Waals surface area contributed by atoms with Gasteiger partial charge < -0.3 is 10.1 Å². The Labute approximate surface area is 134 Å². The molecule has 4 heteroatoms. The maximum atomic E-state index is 5.56. The molecule has 1 N–H and O–H groups in total. The zero-order valence-electron chi connectivity index (χ0n) is 12.7. The van der Waals surface area contributed by atoms with Crippen molar-refractivity contribution in [1.29, 1.82) is 0 Å². The molecule has 0 spiro atoms. The number of ether oxygens (including phenoxy) is 1. The van der Waals surface area contributed by atoms with Crippen molar-refractivity contribution in [3.8, 4) is 5.75 Å². The summed E-state index contributed by atoms with van der Waals surface area (Å²) in [5.41, 5.74) is 3.56. The number of benzene rings is 1. The first-order valence-corrected chi connectivity index (χ1v) is 8.02. The molecule has 1 aromatic carbocycles. The summed E-state index contributed by atoms with van der Waals surface area (Å²) in [6, 6.07) is 8.54. The molecule has 1 unspecified atom stereocenters. The Morgan fingerprint density at radius 3 is 2.76 bits per heavy atom. The van der Waals surface area contributed by atoms with E-state index in [9.17, 15) is 0 Å². The van der Waals surface area contributed by atoms with Crippen molar-refractivity contribution in [2.45, 2.75) is 26.8 Å². The van der Waals surface area contributed by atoms with Crippen LogP contribution in [0.4, 0.5) is 0 Å². The zero-order valence-corrected chi connectivity index (χ0v) is 14.3. The van der Waals surface area contributed by atoms with E-state index in [-0.39, 0.29) is 6.04 Å². The van der Waals surface area contributed by atoms with Gasteiger partial charge in [0.25, 0.3) is 0 Å². The molecule has 3 nitrogen and oxygen atoms in total. The van der Waals surface area contributed by atoms with Crippen LogP contribution in [0.3, 0.4) is 0 Å². The summed E-state index contributed by atoms with van der Waals surface area (Å²) < 4.78 is 6.66. The van der Waals surface area contributed by atoms with Crippen molar-refractivity contribution in [1.82, 2.24) is 10.3 Å². The number of halogens is 1. The molecule has 1 aromatic heterocycles. The highest BCUT2D eigenvalue weighted by Gasteiger charge is 2.17. The van der Waals surface area contributed by atoms with Gasteiger partial charge in [-0.05, 0) is 43.7 Å². The lowest BCUT2D eigenvalue weighted by molar-refractivity contribution is 0.338. The first-order valence-electron chi connectivity index (χ1n) is 7.22. The number of hydrogen-bond acceptors (Lipinski definition) is 3. The molecule has 2 aromatic rings. The predicted molar refractivity (Wildman–Crippen MR) is 89.8 cm³/mol. The maximum absolute atomic E-state index is 5.56. The lowest BCUT2D eigenvalue weighted by Gasteiger charge is -2.21. The molecule has 0 amide bonds. The van der Waals surface area contributed by atoms with Gasteiger partial charge in [0, 0.05) is 10.7 Å². The Bertz CT molecular complexity index is 601. The number of hydrogen-bond donors (Lipinski definition) is 1. The maximum Gasteiger partial charge on any atom is 0.137 e. The van der Waals surface area contributed by atoms with Gasteiger partial charge in [0.05, 0.1) is 18.8 Å². The minimum Gasteiger partial charge on any atom is -0.492 e. The van der Waals surface area contributed by atoms with Crippen LogP contribution in [-0.2, 0) is 0 Å². The van der Waals surface area contributed by atoms with Crippen LogP contribution in [0.1, 0.15) is 36.6 Å². The van der Waals surface area contributed by atoms with Crippen molar-refractivity contribution < 1.29 is 4.74 Å². The van der Waals surface area contributed by atoms with Crippen LogP contribution in [0.5, 0.6) is 5.75 Å². The molecule has 112 valence electrons. The van der Waals surface area contributed by atoms with E-state index >= 15 is 0 Å². The van der Waals surface area contributed by atoms with Crippen molar-refractivity contribution in [2.75, 3.05) is 13.2 Å². The molecule has 0 aliphatic carbocycles. The van der Waals surface area contributed by atoms with Crippen LogP contribution in [0.15, 0.2) is 41.1 Å².